The number of fused-ring (bicyclic) bond motifs is 1. The Morgan fingerprint density at radius 1 is 1.18 bits per heavy atom. The van der Waals surface area contributed by atoms with Gasteiger partial charge in [0.25, 0.3) is 0 Å². The third-order valence-corrected chi connectivity index (χ3v) is 4.30. The Labute approximate surface area is 111 Å². The predicted molar refractivity (Wildman–Crippen MR) is 73.0 cm³/mol. The summed E-state index contributed by atoms with van der Waals surface area (Å²) in [5.41, 5.74) is 1.07. The van der Waals surface area contributed by atoms with Crippen LogP contribution >= 0.6 is 27.3 Å². The molecule has 0 N–H and O–H groups in total. The molecule has 86 valence electrons. The van der Waals surface area contributed by atoms with Crippen molar-refractivity contribution in [2.24, 2.45) is 0 Å². The Balaban J connectivity index is 2.00. The highest BCUT2D eigenvalue weighted by Crippen LogP contribution is 2.25. The molecule has 0 amide bonds. The molecule has 1 aromatic carbocycles. The first kappa shape index (κ1) is 11.0. The fourth-order valence-electron chi connectivity index (χ4n) is 1.91. The van der Waals surface area contributed by atoms with Gasteiger partial charge in [-0.3, -0.25) is 0 Å². The second kappa shape index (κ2) is 4.27. The largest absolute Gasteiger partial charge is 0.342 e. The fourth-order valence-corrected chi connectivity index (χ4v) is 3.40. The molecule has 0 saturated heterocycles. The number of halogens is 2. The molecule has 0 aliphatic heterocycles. The average Bonchev–Trinajstić information content (AvgIpc) is 2.86. The minimum Gasteiger partial charge on any atom is -0.342 e. The van der Waals surface area contributed by atoms with Gasteiger partial charge in [-0.25, -0.2) is 4.39 Å². The van der Waals surface area contributed by atoms with Gasteiger partial charge in [-0.1, -0.05) is 0 Å². The molecule has 0 fully saturated rings. The zero-order valence-electron chi connectivity index (χ0n) is 8.86. The lowest BCUT2D eigenvalue weighted by Crippen LogP contribution is -1.95. The van der Waals surface area contributed by atoms with Crippen molar-refractivity contribution in [3.05, 3.63) is 57.1 Å². The van der Waals surface area contributed by atoms with Gasteiger partial charge in [0.15, 0.2) is 0 Å². The monoisotopic (exact) mass is 309 g/mol. The minimum atomic E-state index is -0.186. The molecule has 3 aromatic rings. The third-order valence-electron chi connectivity index (χ3n) is 2.69. The van der Waals surface area contributed by atoms with Crippen LogP contribution < -0.4 is 0 Å². The van der Waals surface area contributed by atoms with Crippen molar-refractivity contribution < 1.29 is 4.39 Å². The normalized spacial score (nSPS) is 11.2. The molecule has 1 nitrogen and oxygen atoms in total. The summed E-state index contributed by atoms with van der Waals surface area (Å²) in [5.74, 6) is -0.186. The van der Waals surface area contributed by atoms with Gasteiger partial charge in [-0.15, -0.1) is 11.3 Å². The van der Waals surface area contributed by atoms with Crippen LogP contribution in [0.25, 0.3) is 10.9 Å². The lowest BCUT2D eigenvalue weighted by Gasteiger charge is -2.03. The van der Waals surface area contributed by atoms with Crippen LogP contribution in [0.5, 0.6) is 0 Å². The molecule has 0 atom stereocenters. The van der Waals surface area contributed by atoms with E-state index in [0.29, 0.717) is 0 Å². The van der Waals surface area contributed by atoms with Crippen molar-refractivity contribution in [3.63, 3.8) is 0 Å². The van der Waals surface area contributed by atoms with E-state index in [1.54, 1.807) is 17.4 Å². The number of rotatable bonds is 2. The zero-order chi connectivity index (χ0) is 11.8. The molecule has 3 rings (SSSR count). The maximum Gasteiger partial charge on any atom is 0.123 e. The van der Waals surface area contributed by atoms with E-state index in [1.807, 2.05) is 24.4 Å². The zero-order valence-corrected chi connectivity index (χ0v) is 11.3. The van der Waals surface area contributed by atoms with E-state index < -0.39 is 0 Å². The third kappa shape index (κ3) is 2.15. The van der Waals surface area contributed by atoms with Gasteiger partial charge in [-0.05, 0) is 52.3 Å². The van der Waals surface area contributed by atoms with Gasteiger partial charge in [-0.2, -0.15) is 0 Å². The molecule has 17 heavy (non-hydrogen) atoms. The van der Waals surface area contributed by atoms with Crippen LogP contribution in [0.2, 0.25) is 0 Å². The molecule has 0 aliphatic rings. The van der Waals surface area contributed by atoms with E-state index in [1.165, 1.54) is 10.9 Å². The Morgan fingerprint density at radius 2 is 2.06 bits per heavy atom. The van der Waals surface area contributed by atoms with E-state index in [0.717, 1.165) is 21.2 Å². The summed E-state index contributed by atoms with van der Waals surface area (Å²) in [6.07, 6.45) is 2.00. The maximum absolute atomic E-state index is 13.1. The summed E-state index contributed by atoms with van der Waals surface area (Å²) < 4.78 is 16.3. The topological polar surface area (TPSA) is 4.93 Å². The molecule has 2 aromatic heterocycles. The van der Waals surface area contributed by atoms with Crippen LogP contribution in [-0.2, 0) is 6.54 Å². The molecular formula is C13H9BrFNS. The molecule has 2 heterocycles. The van der Waals surface area contributed by atoms with Crippen molar-refractivity contribution in [1.29, 1.82) is 0 Å². The van der Waals surface area contributed by atoms with Gasteiger partial charge in [0.1, 0.15) is 5.82 Å². The first-order chi connectivity index (χ1) is 8.22. The Bertz CT molecular complexity index is 671. The first-order valence-electron chi connectivity index (χ1n) is 5.21. The van der Waals surface area contributed by atoms with Gasteiger partial charge >= 0.3 is 0 Å². The quantitative estimate of drug-likeness (QED) is 0.649. The second-order valence-corrected chi connectivity index (χ2v) is 6.40. The Morgan fingerprint density at radius 3 is 2.82 bits per heavy atom. The van der Waals surface area contributed by atoms with Crippen LogP contribution in [0.4, 0.5) is 4.39 Å². The van der Waals surface area contributed by atoms with Gasteiger partial charge in [0, 0.05) is 22.0 Å². The molecule has 0 spiro atoms. The van der Waals surface area contributed by atoms with E-state index >= 15 is 0 Å². The first-order valence-corrected chi connectivity index (χ1v) is 6.82. The average molecular weight is 310 g/mol. The summed E-state index contributed by atoms with van der Waals surface area (Å²) in [4.78, 5) is 1.28. The molecule has 4 heteroatoms. The summed E-state index contributed by atoms with van der Waals surface area (Å²) in [7, 11) is 0. The standard InChI is InChI=1S/C13H9BrFNS/c14-13-4-2-11(17-13)8-16-6-5-9-7-10(15)1-3-12(9)16/h1-7H,8H2. The van der Waals surface area contributed by atoms with Gasteiger partial charge in [0.05, 0.1) is 10.3 Å². The summed E-state index contributed by atoms with van der Waals surface area (Å²) in [6.45, 7) is 0.825. The lowest BCUT2D eigenvalue weighted by molar-refractivity contribution is 0.629. The van der Waals surface area contributed by atoms with Crippen LogP contribution in [0.15, 0.2) is 46.4 Å². The SMILES string of the molecule is Fc1ccc2c(ccn2Cc2ccc(Br)s2)c1. The number of hydrogen-bond acceptors (Lipinski definition) is 1. The van der Waals surface area contributed by atoms with E-state index in [-0.39, 0.29) is 5.82 Å². The summed E-state index contributed by atoms with van der Waals surface area (Å²) >= 11 is 5.17. The molecule has 0 bridgehead atoms. The lowest BCUT2D eigenvalue weighted by atomic mass is 10.2. The second-order valence-electron chi connectivity index (χ2n) is 3.85. The van der Waals surface area contributed by atoms with E-state index in [2.05, 4.69) is 26.6 Å². The number of aromatic nitrogens is 1. The highest BCUT2D eigenvalue weighted by atomic mass is 79.9. The molecule has 0 aliphatic carbocycles. The van der Waals surface area contributed by atoms with Crippen molar-refractivity contribution in [2.75, 3.05) is 0 Å². The van der Waals surface area contributed by atoms with Crippen LogP contribution in [-0.4, -0.2) is 4.57 Å². The Kier molecular flexibility index (Phi) is 2.76. The smallest absolute Gasteiger partial charge is 0.123 e. The predicted octanol–water partition coefficient (Wildman–Crippen LogP) is 4.65. The van der Waals surface area contributed by atoms with Crippen molar-refractivity contribution in [3.8, 4) is 0 Å². The summed E-state index contributed by atoms with van der Waals surface area (Å²) in [6, 6.07) is 11.0. The van der Waals surface area contributed by atoms with Crippen molar-refractivity contribution >= 4 is 38.2 Å². The maximum atomic E-state index is 13.1. The molecule has 0 radical (unpaired) electrons. The van der Waals surface area contributed by atoms with E-state index in [9.17, 15) is 4.39 Å². The number of nitrogens with zero attached hydrogens (tertiary/aromatic N) is 1. The highest BCUT2D eigenvalue weighted by Gasteiger charge is 2.04. The summed E-state index contributed by atoms with van der Waals surface area (Å²) in [5, 5.41) is 0.945. The molecular weight excluding hydrogens is 301 g/mol. The van der Waals surface area contributed by atoms with E-state index in [4.69, 9.17) is 0 Å². The minimum absolute atomic E-state index is 0.186. The number of benzene rings is 1. The Hall–Kier alpha value is -1.13. The van der Waals surface area contributed by atoms with Crippen LogP contribution in [0.3, 0.4) is 0 Å². The van der Waals surface area contributed by atoms with Crippen molar-refractivity contribution in [2.45, 2.75) is 6.54 Å². The molecule has 0 saturated carbocycles. The number of hydrogen-bond donors (Lipinski definition) is 0. The van der Waals surface area contributed by atoms with Crippen LogP contribution in [0.1, 0.15) is 4.88 Å². The van der Waals surface area contributed by atoms with Gasteiger partial charge in [0.2, 0.25) is 0 Å². The van der Waals surface area contributed by atoms with Gasteiger partial charge < -0.3 is 4.57 Å². The van der Waals surface area contributed by atoms with Crippen LogP contribution in [0, 0.1) is 5.82 Å². The fraction of sp³-hybridized carbons (Fsp3) is 0.0769. The number of thiophene rings is 1. The highest BCUT2D eigenvalue weighted by molar-refractivity contribution is 9.11. The molecule has 0 unspecified atom stereocenters. The van der Waals surface area contributed by atoms with Crippen molar-refractivity contribution in [1.82, 2.24) is 4.57 Å².